The van der Waals surface area contributed by atoms with Gasteiger partial charge in [-0.2, -0.15) is 0 Å². The first kappa shape index (κ1) is 22.5. The molecule has 3 aromatic rings. The molecule has 0 unspecified atom stereocenters. The maximum Gasteiger partial charge on any atom is 0.178 e. The van der Waals surface area contributed by atoms with Crippen molar-refractivity contribution in [3.63, 3.8) is 0 Å². The van der Waals surface area contributed by atoms with E-state index < -0.39 is 11.6 Å². The quantitative estimate of drug-likeness (QED) is 0.537. The maximum atomic E-state index is 14.9. The van der Waals surface area contributed by atoms with E-state index in [0.717, 1.165) is 32.1 Å². The molecule has 178 valence electrons. The number of halogens is 2. The Bertz CT molecular complexity index is 1160. The van der Waals surface area contributed by atoms with Crippen LogP contribution in [0.4, 0.5) is 26.1 Å². The van der Waals surface area contributed by atoms with Crippen LogP contribution in [0.1, 0.15) is 38.2 Å². The summed E-state index contributed by atoms with van der Waals surface area (Å²) in [5, 5.41) is 6.52. The summed E-state index contributed by atoms with van der Waals surface area (Å²) < 4.78 is 35.3. The lowest BCUT2D eigenvalue weighted by Crippen LogP contribution is -2.38. The fraction of sp³-hybridized carbons (Fsp3) is 0.385. The van der Waals surface area contributed by atoms with Crippen LogP contribution in [0.2, 0.25) is 0 Å². The molecule has 6 nitrogen and oxygen atoms in total. The SMILES string of the molecule is CC(C)N1CCOc2c(F)cc(-c3cc(Nc4ccc(C5CCNCC5)cn4)ncc3F)cc21. The summed E-state index contributed by atoms with van der Waals surface area (Å²) in [5.74, 6) is 0.777. The van der Waals surface area contributed by atoms with E-state index in [1.807, 2.05) is 26.1 Å². The lowest BCUT2D eigenvalue weighted by Gasteiger charge is -2.35. The van der Waals surface area contributed by atoms with Crippen LogP contribution in [-0.4, -0.2) is 42.3 Å². The van der Waals surface area contributed by atoms with Crippen molar-refractivity contribution in [1.82, 2.24) is 15.3 Å². The van der Waals surface area contributed by atoms with E-state index >= 15 is 0 Å². The van der Waals surface area contributed by atoms with Crippen molar-refractivity contribution in [3.05, 3.63) is 59.9 Å². The van der Waals surface area contributed by atoms with E-state index in [1.165, 1.54) is 11.6 Å². The average molecular weight is 466 g/mol. The average Bonchev–Trinajstić information content (AvgIpc) is 2.86. The molecule has 5 rings (SSSR count). The minimum absolute atomic E-state index is 0.163. The Hall–Kier alpha value is -3.26. The number of pyridine rings is 2. The lowest BCUT2D eigenvalue weighted by atomic mass is 9.91. The van der Waals surface area contributed by atoms with Gasteiger partial charge in [0.25, 0.3) is 0 Å². The third-order valence-corrected chi connectivity index (χ3v) is 6.55. The molecule has 0 aliphatic carbocycles. The second kappa shape index (κ2) is 9.54. The molecule has 34 heavy (non-hydrogen) atoms. The van der Waals surface area contributed by atoms with Gasteiger partial charge < -0.3 is 20.3 Å². The fourth-order valence-corrected chi connectivity index (χ4v) is 4.73. The van der Waals surface area contributed by atoms with Crippen LogP contribution in [0.5, 0.6) is 5.75 Å². The van der Waals surface area contributed by atoms with Gasteiger partial charge in [0, 0.05) is 17.8 Å². The van der Waals surface area contributed by atoms with Crippen molar-refractivity contribution in [1.29, 1.82) is 0 Å². The molecule has 1 aromatic carbocycles. The number of hydrogen-bond donors (Lipinski definition) is 2. The lowest BCUT2D eigenvalue weighted by molar-refractivity contribution is 0.287. The zero-order valence-corrected chi connectivity index (χ0v) is 19.4. The van der Waals surface area contributed by atoms with E-state index in [1.54, 1.807) is 12.1 Å². The van der Waals surface area contributed by atoms with Gasteiger partial charge in [-0.1, -0.05) is 6.07 Å². The van der Waals surface area contributed by atoms with Crippen molar-refractivity contribution in [2.75, 3.05) is 36.5 Å². The van der Waals surface area contributed by atoms with Gasteiger partial charge in [0.05, 0.1) is 18.4 Å². The second-order valence-corrected chi connectivity index (χ2v) is 9.12. The van der Waals surface area contributed by atoms with Crippen molar-refractivity contribution < 1.29 is 13.5 Å². The highest BCUT2D eigenvalue weighted by Gasteiger charge is 2.25. The third-order valence-electron chi connectivity index (χ3n) is 6.55. The highest BCUT2D eigenvalue weighted by atomic mass is 19.1. The Kier molecular flexibility index (Phi) is 6.32. The van der Waals surface area contributed by atoms with Crippen molar-refractivity contribution in [2.45, 2.75) is 38.6 Å². The summed E-state index contributed by atoms with van der Waals surface area (Å²) in [5.41, 5.74) is 2.56. The number of anilines is 3. The third kappa shape index (κ3) is 4.55. The van der Waals surface area contributed by atoms with Gasteiger partial charge in [0.15, 0.2) is 11.6 Å². The van der Waals surface area contributed by atoms with Gasteiger partial charge in [0.2, 0.25) is 0 Å². The van der Waals surface area contributed by atoms with Gasteiger partial charge in [-0.15, -0.1) is 0 Å². The predicted octanol–water partition coefficient (Wildman–Crippen LogP) is 5.24. The number of piperidine rings is 1. The first-order valence-electron chi connectivity index (χ1n) is 11.8. The predicted molar refractivity (Wildman–Crippen MR) is 130 cm³/mol. The van der Waals surface area contributed by atoms with Crippen molar-refractivity contribution in [2.24, 2.45) is 0 Å². The van der Waals surface area contributed by atoms with Gasteiger partial charge >= 0.3 is 0 Å². The van der Waals surface area contributed by atoms with Crippen LogP contribution < -0.4 is 20.3 Å². The number of aromatic nitrogens is 2. The summed E-state index contributed by atoms with van der Waals surface area (Å²) in [6.07, 6.45) is 5.25. The van der Waals surface area contributed by atoms with Gasteiger partial charge in [0.1, 0.15) is 24.1 Å². The fourth-order valence-electron chi connectivity index (χ4n) is 4.73. The van der Waals surface area contributed by atoms with E-state index in [2.05, 4.69) is 31.6 Å². The molecule has 8 heteroatoms. The Morgan fingerprint density at radius 1 is 1.03 bits per heavy atom. The molecule has 0 spiro atoms. The molecule has 4 heterocycles. The number of nitrogens with one attached hydrogen (secondary N) is 2. The molecule has 0 atom stereocenters. The van der Waals surface area contributed by atoms with Crippen molar-refractivity contribution in [3.8, 4) is 16.9 Å². The molecule has 2 aliphatic rings. The molecule has 2 aromatic heterocycles. The van der Waals surface area contributed by atoms with Crippen LogP contribution in [0.15, 0.2) is 42.7 Å². The minimum atomic E-state index is -0.521. The highest BCUT2D eigenvalue weighted by Crippen LogP contribution is 2.40. The van der Waals surface area contributed by atoms with Gasteiger partial charge in [-0.05, 0) is 81.1 Å². The molecule has 0 amide bonds. The molecule has 1 fully saturated rings. The zero-order chi connectivity index (χ0) is 23.7. The summed E-state index contributed by atoms with van der Waals surface area (Å²) >= 11 is 0. The normalized spacial score (nSPS) is 16.3. The van der Waals surface area contributed by atoms with Crippen LogP contribution in [0.3, 0.4) is 0 Å². The first-order chi connectivity index (χ1) is 16.5. The highest BCUT2D eigenvalue weighted by molar-refractivity contribution is 5.76. The summed E-state index contributed by atoms with van der Waals surface area (Å²) in [6, 6.07) is 8.84. The van der Waals surface area contributed by atoms with Crippen molar-refractivity contribution >= 4 is 17.3 Å². The molecule has 0 radical (unpaired) electrons. The number of nitrogens with zero attached hydrogens (tertiary/aromatic N) is 3. The van der Waals surface area contributed by atoms with Gasteiger partial charge in [-0.25, -0.2) is 18.7 Å². The number of hydrogen-bond acceptors (Lipinski definition) is 6. The van der Waals surface area contributed by atoms with Crippen LogP contribution in [0, 0.1) is 11.6 Å². The Labute approximate surface area is 198 Å². The largest absolute Gasteiger partial charge is 0.486 e. The monoisotopic (exact) mass is 465 g/mol. The van der Waals surface area contributed by atoms with E-state index in [-0.39, 0.29) is 17.4 Å². The van der Waals surface area contributed by atoms with E-state index in [0.29, 0.717) is 42.0 Å². The molecule has 2 N–H and O–H groups in total. The van der Waals surface area contributed by atoms with E-state index in [4.69, 9.17) is 4.74 Å². The standard InChI is InChI=1S/C26H29F2N5O/c1-16(2)33-9-10-34-26-21(27)11-19(12-23(26)33)20-13-25(31-15-22(20)28)32-24-4-3-18(14-30-24)17-5-7-29-8-6-17/h3-4,11-17,29H,5-10H2,1-2H3,(H,30,31,32). The molecule has 2 aliphatic heterocycles. The Morgan fingerprint density at radius 3 is 2.56 bits per heavy atom. The van der Waals surface area contributed by atoms with Gasteiger partial charge in [-0.3, -0.25) is 0 Å². The van der Waals surface area contributed by atoms with Crippen LogP contribution in [-0.2, 0) is 0 Å². The Morgan fingerprint density at radius 2 is 1.82 bits per heavy atom. The second-order valence-electron chi connectivity index (χ2n) is 9.12. The zero-order valence-electron chi connectivity index (χ0n) is 19.4. The topological polar surface area (TPSA) is 62.3 Å². The number of fused-ring (bicyclic) bond motifs is 1. The first-order valence-corrected chi connectivity index (χ1v) is 11.8. The molecular formula is C26H29F2N5O. The summed E-state index contributed by atoms with van der Waals surface area (Å²) in [7, 11) is 0. The molecular weight excluding hydrogens is 436 g/mol. The van der Waals surface area contributed by atoms with Crippen LogP contribution >= 0.6 is 0 Å². The van der Waals surface area contributed by atoms with E-state index in [9.17, 15) is 8.78 Å². The summed E-state index contributed by atoms with van der Waals surface area (Å²) in [6.45, 7) is 7.20. The molecule has 0 saturated carbocycles. The molecule has 0 bridgehead atoms. The number of ether oxygens (including phenoxy) is 1. The number of benzene rings is 1. The summed E-state index contributed by atoms with van der Waals surface area (Å²) in [4.78, 5) is 10.8. The minimum Gasteiger partial charge on any atom is -0.486 e. The maximum absolute atomic E-state index is 14.9. The molecule has 1 saturated heterocycles. The number of rotatable bonds is 5. The van der Waals surface area contributed by atoms with Crippen LogP contribution in [0.25, 0.3) is 11.1 Å². The smallest absolute Gasteiger partial charge is 0.178 e. The Balaban J connectivity index is 1.41.